The Bertz CT molecular complexity index is 947. The lowest BCUT2D eigenvalue weighted by atomic mass is 9.72. The lowest BCUT2D eigenvalue weighted by Crippen LogP contribution is -2.48. The number of carbonyl (C=O) groups is 2. The molecule has 1 aliphatic rings. The summed E-state index contributed by atoms with van der Waals surface area (Å²) < 4.78 is 10.4. The molecule has 1 aromatic carbocycles. The standard InChI is InChI=1S/C21H26ClN3O5.ClH/c1-3-29-18(26)17-16(23-20(28)24-17)13-25-11-9-21(10-12-25,19(27)30-4-2)14-5-7-15(22)8-6-14;/h5-8H,3-4,9-13H2,1-2H3,(H2,23,24,28);1H. The van der Waals surface area contributed by atoms with Crippen molar-refractivity contribution in [3.8, 4) is 0 Å². The minimum Gasteiger partial charge on any atom is -0.465 e. The lowest BCUT2D eigenvalue weighted by Gasteiger charge is -2.40. The first kappa shape index (κ1) is 25.0. The van der Waals surface area contributed by atoms with E-state index in [1.54, 1.807) is 26.0 Å². The van der Waals surface area contributed by atoms with E-state index in [9.17, 15) is 14.4 Å². The van der Waals surface area contributed by atoms with Crippen LogP contribution in [0.15, 0.2) is 29.1 Å². The summed E-state index contributed by atoms with van der Waals surface area (Å²) in [6.07, 6.45) is 1.10. The molecule has 2 heterocycles. The van der Waals surface area contributed by atoms with E-state index in [2.05, 4.69) is 14.9 Å². The van der Waals surface area contributed by atoms with Crippen molar-refractivity contribution in [2.45, 2.75) is 38.6 Å². The molecule has 0 saturated carbocycles. The van der Waals surface area contributed by atoms with Crippen molar-refractivity contribution in [3.63, 3.8) is 0 Å². The summed E-state index contributed by atoms with van der Waals surface area (Å²) in [4.78, 5) is 44.0. The van der Waals surface area contributed by atoms with Crippen molar-refractivity contribution >= 4 is 35.9 Å². The highest BCUT2D eigenvalue weighted by Gasteiger charge is 2.44. The Balaban J connectivity index is 0.00000341. The number of H-pyrrole nitrogens is 2. The third-order valence-electron chi connectivity index (χ3n) is 5.44. The van der Waals surface area contributed by atoms with Crippen molar-refractivity contribution in [2.24, 2.45) is 0 Å². The molecular formula is C21H27Cl2N3O5. The van der Waals surface area contributed by atoms with Crippen molar-refractivity contribution in [3.05, 3.63) is 56.7 Å². The Morgan fingerprint density at radius 3 is 2.26 bits per heavy atom. The van der Waals surface area contributed by atoms with Crippen LogP contribution in [0.4, 0.5) is 0 Å². The number of aromatic amines is 2. The molecule has 0 atom stereocenters. The number of hydrogen-bond acceptors (Lipinski definition) is 6. The van der Waals surface area contributed by atoms with Crippen LogP contribution >= 0.6 is 24.0 Å². The minimum atomic E-state index is -0.743. The van der Waals surface area contributed by atoms with Crippen LogP contribution < -0.4 is 5.69 Å². The van der Waals surface area contributed by atoms with Crippen molar-refractivity contribution in [2.75, 3.05) is 26.3 Å². The predicted molar refractivity (Wildman–Crippen MR) is 119 cm³/mol. The highest BCUT2D eigenvalue weighted by Crippen LogP contribution is 2.38. The van der Waals surface area contributed by atoms with Crippen molar-refractivity contribution < 1.29 is 19.1 Å². The first-order chi connectivity index (χ1) is 14.4. The normalized spacial score (nSPS) is 15.7. The Hall–Kier alpha value is -2.29. The Labute approximate surface area is 191 Å². The molecule has 0 amide bonds. The molecular weight excluding hydrogens is 445 g/mol. The molecule has 31 heavy (non-hydrogen) atoms. The van der Waals surface area contributed by atoms with E-state index in [1.165, 1.54) is 0 Å². The van der Waals surface area contributed by atoms with Crippen molar-refractivity contribution in [1.29, 1.82) is 0 Å². The van der Waals surface area contributed by atoms with Crippen LogP contribution in [0, 0.1) is 0 Å². The summed E-state index contributed by atoms with van der Waals surface area (Å²) in [5.74, 6) is -0.806. The molecule has 0 bridgehead atoms. The molecule has 2 N–H and O–H groups in total. The summed E-state index contributed by atoms with van der Waals surface area (Å²) >= 11 is 6.02. The zero-order chi connectivity index (χ0) is 21.7. The quantitative estimate of drug-likeness (QED) is 0.601. The molecule has 10 heteroatoms. The fourth-order valence-electron chi connectivity index (χ4n) is 3.88. The molecule has 0 unspecified atom stereocenters. The van der Waals surface area contributed by atoms with E-state index >= 15 is 0 Å². The van der Waals surface area contributed by atoms with E-state index in [1.807, 2.05) is 12.1 Å². The number of likely N-dealkylation sites (tertiary alicyclic amines) is 1. The molecule has 0 radical (unpaired) electrons. The topological polar surface area (TPSA) is 104 Å². The minimum absolute atomic E-state index is 0. The fraction of sp³-hybridized carbons (Fsp3) is 0.476. The second-order valence-electron chi connectivity index (χ2n) is 7.24. The van der Waals surface area contributed by atoms with E-state index < -0.39 is 17.1 Å². The summed E-state index contributed by atoms with van der Waals surface area (Å²) in [5, 5.41) is 0.609. The highest BCUT2D eigenvalue weighted by molar-refractivity contribution is 6.30. The van der Waals surface area contributed by atoms with Gasteiger partial charge in [0, 0.05) is 11.6 Å². The third kappa shape index (κ3) is 5.50. The number of halogens is 2. The molecule has 1 aromatic heterocycles. The second-order valence-corrected chi connectivity index (χ2v) is 7.68. The first-order valence-electron chi connectivity index (χ1n) is 10.0. The number of esters is 2. The van der Waals surface area contributed by atoms with E-state index in [0.717, 1.165) is 5.56 Å². The van der Waals surface area contributed by atoms with E-state index in [0.29, 0.717) is 49.8 Å². The summed E-state index contributed by atoms with van der Waals surface area (Å²) in [7, 11) is 0. The molecule has 0 spiro atoms. The average molecular weight is 472 g/mol. The first-order valence-corrected chi connectivity index (χ1v) is 10.4. The number of nitrogens with one attached hydrogen (secondary N) is 2. The fourth-order valence-corrected chi connectivity index (χ4v) is 4.01. The van der Waals surface area contributed by atoms with E-state index in [-0.39, 0.29) is 30.7 Å². The molecule has 8 nitrogen and oxygen atoms in total. The van der Waals surface area contributed by atoms with E-state index in [4.69, 9.17) is 21.1 Å². The number of nitrogens with zero attached hydrogens (tertiary/aromatic N) is 1. The number of ether oxygens (including phenoxy) is 2. The van der Waals surface area contributed by atoms with Gasteiger partial charge in [-0.3, -0.25) is 14.7 Å². The Morgan fingerprint density at radius 1 is 1.06 bits per heavy atom. The van der Waals surface area contributed by atoms with Crippen LogP contribution in [0.3, 0.4) is 0 Å². The van der Waals surface area contributed by atoms with Gasteiger partial charge in [-0.05, 0) is 57.5 Å². The predicted octanol–water partition coefficient (Wildman–Crippen LogP) is 3.05. The smallest absolute Gasteiger partial charge is 0.356 e. The zero-order valence-corrected chi connectivity index (χ0v) is 19.1. The highest BCUT2D eigenvalue weighted by atomic mass is 35.5. The van der Waals surface area contributed by atoms with Crippen LogP contribution in [0.25, 0.3) is 0 Å². The maximum Gasteiger partial charge on any atom is 0.356 e. The molecule has 1 saturated heterocycles. The van der Waals surface area contributed by atoms with Gasteiger partial charge in [0.25, 0.3) is 0 Å². The molecule has 170 valence electrons. The number of rotatable bonds is 7. The van der Waals surface area contributed by atoms with Crippen molar-refractivity contribution in [1.82, 2.24) is 14.9 Å². The summed E-state index contributed by atoms with van der Waals surface area (Å²) in [6, 6.07) is 7.30. The van der Waals surface area contributed by atoms with Gasteiger partial charge in [-0.25, -0.2) is 9.59 Å². The summed E-state index contributed by atoms with van der Waals surface area (Å²) in [5.41, 5.74) is 0.307. The number of imidazole rings is 1. The third-order valence-corrected chi connectivity index (χ3v) is 5.69. The molecule has 0 aliphatic carbocycles. The van der Waals surface area contributed by atoms with Crippen LogP contribution in [-0.2, 0) is 26.2 Å². The van der Waals surface area contributed by atoms with Gasteiger partial charge in [0.15, 0.2) is 0 Å². The number of hydrogen-bond donors (Lipinski definition) is 2. The van der Waals surface area contributed by atoms with Gasteiger partial charge in [0.05, 0.1) is 24.3 Å². The second kappa shape index (κ2) is 10.8. The SMILES string of the molecule is CCOC(=O)c1[nH]c(=O)[nH]c1CN1CCC(C(=O)OCC)(c2ccc(Cl)cc2)CC1.Cl. The largest absolute Gasteiger partial charge is 0.465 e. The van der Waals surface area contributed by atoms with Gasteiger partial charge in [0.1, 0.15) is 5.69 Å². The van der Waals surface area contributed by atoms with Gasteiger partial charge in [-0.15, -0.1) is 12.4 Å². The number of aromatic nitrogens is 2. The van der Waals surface area contributed by atoms with Gasteiger partial charge in [-0.2, -0.15) is 0 Å². The number of piperidine rings is 1. The zero-order valence-electron chi connectivity index (χ0n) is 17.5. The Kier molecular flexibility index (Phi) is 8.73. The lowest BCUT2D eigenvalue weighted by molar-refractivity contribution is -0.152. The van der Waals surface area contributed by atoms with Crippen LogP contribution in [0.2, 0.25) is 5.02 Å². The average Bonchev–Trinajstić information content (AvgIpc) is 3.10. The van der Waals surface area contributed by atoms with Gasteiger partial charge < -0.3 is 14.5 Å². The summed E-state index contributed by atoms with van der Waals surface area (Å²) in [6.45, 7) is 5.59. The maximum atomic E-state index is 12.9. The maximum absolute atomic E-state index is 12.9. The van der Waals surface area contributed by atoms with Crippen LogP contribution in [-0.4, -0.2) is 53.1 Å². The number of benzene rings is 1. The number of carbonyl (C=O) groups excluding carboxylic acids is 2. The molecule has 3 rings (SSSR count). The molecule has 1 fully saturated rings. The van der Waals surface area contributed by atoms with Gasteiger partial charge >= 0.3 is 17.6 Å². The monoisotopic (exact) mass is 471 g/mol. The van der Waals surface area contributed by atoms with Crippen LogP contribution in [0.1, 0.15) is 48.4 Å². The van der Waals surface area contributed by atoms with Crippen LogP contribution in [0.5, 0.6) is 0 Å². The van der Waals surface area contributed by atoms with Gasteiger partial charge in [-0.1, -0.05) is 23.7 Å². The molecule has 1 aliphatic heterocycles. The van der Waals surface area contributed by atoms with Gasteiger partial charge in [0.2, 0.25) is 0 Å². The Morgan fingerprint density at radius 2 is 1.68 bits per heavy atom. The molecule has 2 aromatic rings.